The van der Waals surface area contributed by atoms with Gasteiger partial charge in [-0.15, -0.1) is 0 Å². The SMILES string of the molecule is CCC(C)C(C)(C(C)(C)C)C(C(C)C)(C(C)C)C(C)(C)C. The van der Waals surface area contributed by atoms with E-state index in [1.165, 1.54) is 6.42 Å². The maximum absolute atomic E-state index is 2.59. The van der Waals surface area contributed by atoms with Gasteiger partial charge in [-0.05, 0) is 39.4 Å². The molecule has 0 aliphatic heterocycles. The van der Waals surface area contributed by atoms with Crippen LogP contribution in [0.4, 0.5) is 0 Å². The summed E-state index contributed by atoms with van der Waals surface area (Å²) in [6.07, 6.45) is 1.26. The van der Waals surface area contributed by atoms with E-state index < -0.39 is 0 Å². The van der Waals surface area contributed by atoms with Crippen molar-refractivity contribution in [2.24, 2.45) is 39.4 Å². The Morgan fingerprint density at radius 1 is 0.619 bits per heavy atom. The van der Waals surface area contributed by atoms with E-state index in [-0.39, 0.29) is 16.2 Å². The second kappa shape index (κ2) is 6.25. The van der Waals surface area contributed by atoms with Crippen LogP contribution in [-0.4, -0.2) is 0 Å². The first-order valence-corrected chi connectivity index (χ1v) is 9.12. The van der Waals surface area contributed by atoms with Crippen LogP contribution in [0.2, 0.25) is 0 Å². The Balaban J connectivity index is 6.73. The molecule has 0 heteroatoms. The fourth-order valence-electron chi connectivity index (χ4n) is 6.55. The molecule has 0 saturated carbocycles. The molecule has 0 amide bonds. The highest BCUT2D eigenvalue weighted by atomic mass is 14.7. The minimum atomic E-state index is 0.279. The highest BCUT2D eigenvalue weighted by molar-refractivity contribution is 5.11. The molecule has 0 aromatic heterocycles. The third-order valence-electron chi connectivity index (χ3n) is 7.08. The van der Waals surface area contributed by atoms with Crippen LogP contribution in [0.5, 0.6) is 0 Å². The van der Waals surface area contributed by atoms with Gasteiger partial charge in [-0.2, -0.15) is 0 Å². The van der Waals surface area contributed by atoms with E-state index in [4.69, 9.17) is 0 Å². The molecule has 2 atom stereocenters. The van der Waals surface area contributed by atoms with E-state index in [0.29, 0.717) is 23.2 Å². The standard InChI is InChI=1S/C21H44/c1-14-17(6)20(13,18(7,8)9)21(15(2)3,16(4)5)19(10,11)12/h15-17H,14H2,1-13H3. The molecular weight excluding hydrogens is 252 g/mol. The second-order valence-corrected chi connectivity index (χ2v) is 10.2. The van der Waals surface area contributed by atoms with Crippen molar-refractivity contribution in [2.45, 2.75) is 96.4 Å². The van der Waals surface area contributed by atoms with Crippen molar-refractivity contribution < 1.29 is 0 Å². The highest BCUT2D eigenvalue weighted by Gasteiger charge is 2.63. The lowest BCUT2D eigenvalue weighted by Crippen LogP contribution is -2.62. The molecule has 0 saturated heterocycles. The van der Waals surface area contributed by atoms with Crippen LogP contribution < -0.4 is 0 Å². The van der Waals surface area contributed by atoms with Gasteiger partial charge in [-0.25, -0.2) is 0 Å². The van der Waals surface area contributed by atoms with Crippen LogP contribution in [-0.2, 0) is 0 Å². The Morgan fingerprint density at radius 2 is 0.952 bits per heavy atom. The summed E-state index contributed by atoms with van der Waals surface area (Å²) in [5.74, 6) is 2.04. The molecular formula is C21H44. The maximum atomic E-state index is 2.59. The highest BCUT2D eigenvalue weighted by Crippen LogP contribution is 2.69. The van der Waals surface area contributed by atoms with Crippen molar-refractivity contribution in [1.29, 1.82) is 0 Å². The minimum absolute atomic E-state index is 0.279. The average molecular weight is 297 g/mol. The normalized spacial score (nSPS) is 19.0. The molecule has 0 spiro atoms. The Hall–Kier alpha value is 0. The van der Waals surface area contributed by atoms with Crippen LogP contribution in [0.15, 0.2) is 0 Å². The zero-order valence-electron chi connectivity index (χ0n) is 17.4. The Morgan fingerprint density at radius 3 is 1.10 bits per heavy atom. The summed E-state index contributed by atoms with van der Waals surface area (Å²) < 4.78 is 0. The molecule has 2 unspecified atom stereocenters. The van der Waals surface area contributed by atoms with Gasteiger partial charge >= 0.3 is 0 Å². The van der Waals surface area contributed by atoms with Gasteiger partial charge in [-0.1, -0.05) is 96.4 Å². The van der Waals surface area contributed by atoms with E-state index in [1.807, 2.05) is 0 Å². The van der Waals surface area contributed by atoms with Gasteiger partial charge in [0.1, 0.15) is 0 Å². The van der Waals surface area contributed by atoms with Gasteiger partial charge in [0.05, 0.1) is 0 Å². The summed E-state index contributed by atoms with van der Waals surface area (Å²) >= 11 is 0. The molecule has 0 aliphatic rings. The molecule has 0 aliphatic carbocycles. The summed E-state index contributed by atoms with van der Waals surface area (Å²) in [6.45, 7) is 32.1. The van der Waals surface area contributed by atoms with Crippen LogP contribution in [0.1, 0.15) is 96.4 Å². The monoisotopic (exact) mass is 296 g/mol. The molecule has 0 rings (SSSR count). The van der Waals surface area contributed by atoms with Gasteiger partial charge in [0.2, 0.25) is 0 Å². The second-order valence-electron chi connectivity index (χ2n) is 10.2. The number of hydrogen-bond donors (Lipinski definition) is 0. The van der Waals surface area contributed by atoms with Crippen molar-refractivity contribution in [3.8, 4) is 0 Å². The lowest BCUT2D eigenvalue weighted by Gasteiger charge is -2.68. The number of rotatable bonds is 5. The topological polar surface area (TPSA) is 0 Å². The van der Waals surface area contributed by atoms with Gasteiger partial charge in [0, 0.05) is 0 Å². The van der Waals surface area contributed by atoms with E-state index in [2.05, 4.69) is 90.0 Å². The molecule has 0 aromatic rings. The predicted octanol–water partition coefficient (Wildman–Crippen LogP) is 7.43. The Labute approximate surface area is 136 Å². The molecule has 128 valence electrons. The smallest absolute Gasteiger partial charge is 0.0141 e. The summed E-state index contributed by atoms with van der Waals surface area (Å²) in [5.41, 5.74) is 1.15. The van der Waals surface area contributed by atoms with Crippen LogP contribution in [0.3, 0.4) is 0 Å². The Kier molecular flexibility index (Phi) is 6.25. The predicted molar refractivity (Wildman–Crippen MR) is 98.6 cm³/mol. The first-order chi connectivity index (χ1) is 9.12. The van der Waals surface area contributed by atoms with E-state index in [0.717, 1.165) is 0 Å². The quantitative estimate of drug-likeness (QED) is 0.495. The van der Waals surface area contributed by atoms with Crippen LogP contribution in [0.25, 0.3) is 0 Å². The van der Waals surface area contributed by atoms with E-state index >= 15 is 0 Å². The fourth-order valence-corrected chi connectivity index (χ4v) is 6.55. The third-order valence-corrected chi connectivity index (χ3v) is 7.08. The lowest BCUT2D eigenvalue weighted by molar-refractivity contribution is -0.204. The summed E-state index contributed by atoms with van der Waals surface area (Å²) in [4.78, 5) is 0. The molecule has 0 radical (unpaired) electrons. The average Bonchev–Trinajstić information content (AvgIpc) is 2.23. The summed E-state index contributed by atoms with van der Waals surface area (Å²) in [7, 11) is 0. The minimum Gasteiger partial charge on any atom is -0.0651 e. The van der Waals surface area contributed by atoms with E-state index in [9.17, 15) is 0 Å². The molecule has 0 N–H and O–H groups in total. The maximum Gasteiger partial charge on any atom is -0.0141 e. The zero-order valence-corrected chi connectivity index (χ0v) is 17.4. The molecule has 0 fully saturated rings. The van der Waals surface area contributed by atoms with Crippen molar-refractivity contribution in [1.82, 2.24) is 0 Å². The molecule has 0 aromatic carbocycles. The zero-order chi connectivity index (χ0) is 17.4. The number of hydrogen-bond acceptors (Lipinski definition) is 0. The fraction of sp³-hybridized carbons (Fsp3) is 1.00. The molecule has 0 nitrogen and oxygen atoms in total. The largest absolute Gasteiger partial charge is 0.0651 e. The molecule has 21 heavy (non-hydrogen) atoms. The van der Waals surface area contributed by atoms with Gasteiger partial charge < -0.3 is 0 Å². The summed E-state index contributed by atoms with van der Waals surface area (Å²) in [6, 6.07) is 0. The van der Waals surface area contributed by atoms with Crippen LogP contribution >= 0.6 is 0 Å². The van der Waals surface area contributed by atoms with Gasteiger partial charge in [0.25, 0.3) is 0 Å². The van der Waals surface area contributed by atoms with E-state index in [1.54, 1.807) is 0 Å². The first kappa shape index (κ1) is 21.0. The van der Waals surface area contributed by atoms with Crippen molar-refractivity contribution in [3.05, 3.63) is 0 Å². The van der Waals surface area contributed by atoms with Gasteiger partial charge in [0.15, 0.2) is 0 Å². The van der Waals surface area contributed by atoms with Crippen molar-refractivity contribution in [3.63, 3.8) is 0 Å². The third kappa shape index (κ3) is 2.93. The Bertz CT molecular complexity index is 313. The summed E-state index contributed by atoms with van der Waals surface area (Å²) in [5, 5.41) is 0. The van der Waals surface area contributed by atoms with Crippen LogP contribution in [0, 0.1) is 39.4 Å². The first-order valence-electron chi connectivity index (χ1n) is 9.12. The molecule has 0 bridgehead atoms. The molecule has 0 heterocycles. The lowest BCUT2D eigenvalue weighted by atomic mass is 9.36. The van der Waals surface area contributed by atoms with Gasteiger partial charge in [-0.3, -0.25) is 0 Å². The van der Waals surface area contributed by atoms with Crippen molar-refractivity contribution in [2.75, 3.05) is 0 Å². The van der Waals surface area contributed by atoms with Crippen molar-refractivity contribution >= 4 is 0 Å².